The Bertz CT molecular complexity index is 519. The van der Waals surface area contributed by atoms with Crippen LogP contribution in [0.5, 0.6) is 11.6 Å². The predicted molar refractivity (Wildman–Crippen MR) is 63.1 cm³/mol. The molecule has 0 bridgehead atoms. The normalized spacial score (nSPS) is 10.3. The fourth-order valence-corrected chi connectivity index (χ4v) is 1.46. The first-order valence-corrected chi connectivity index (χ1v) is 5.62. The molecule has 0 aliphatic rings. The molecule has 88 valence electrons. The van der Waals surface area contributed by atoms with Crippen molar-refractivity contribution >= 4 is 23.2 Å². The van der Waals surface area contributed by atoms with Crippen molar-refractivity contribution in [2.24, 2.45) is 0 Å². The molecule has 0 aliphatic carbocycles. The molecular formula is C11H7Cl2FN2O. The topological polar surface area (TPSA) is 35.0 Å². The maximum Gasteiger partial charge on any atom is 0.239 e. The molecule has 0 saturated heterocycles. The SMILES string of the molecule is Fc1c(Cl)cccc1Oc1ccc(CCl)nn1. The lowest BCUT2D eigenvalue weighted by Crippen LogP contribution is -1.95. The number of halogens is 3. The van der Waals surface area contributed by atoms with E-state index in [9.17, 15) is 4.39 Å². The molecule has 0 amide bonds. The lowest BCUT2D eigenvalue weighted by atomic mass is 10.3. The van der Waals surface area contributed by atoms with Gasteiger partial charge < -0.3 is 4.74 Å². The summed E-state index contributed by atoms with van der Waals surface area (Å²) >= 11 is 11.2. The highest BCUT2D eigenvalue weighted by Gasteiger charge is 2.09. The van der Waals surface area contributed by atoms with Crippen molar-refractivity contribution in [1.29, 1.82) is 0 Å². The molecule has 0 aliphatic heterocycles. The molecule has 1 aromatic heterocycles. The van der Waals surface area contributed by atoms with Gasteiger partial charge in [-0.05, 0) is 18.2 Å². The number of nitrogens with zero attached hydrogens (tertiary/aromatic N) is 2. The van der Waals surface area contributed by atoms with Crippen LogP contribution in [0.15, 0.2) is 30.3 Å². The minimum atomic E-state index is -0.627. The summed E-state index contributed by atoms with van der Waals surface area (Å²) in [7, 11) is 0. The number of hydrogen-bond donors (Lipinski definition) is 0. The maximum absolute atomic E-state index is 13.5. The van der Waals surface area contributed by atoms with Crippen LogP contribution in [0, 0.1) is 5.82 Å². The van der Waals surface area contributed by atoms with Crippen molar-refractivity contribution in [3.8, 4) is 11.6 Å². The van der Waals surface area contributed by atoms with Crippen molar-refractivity contribution in [3.05, 3.63) is 46.9 Å². The molecule has 1 aromatic carbocycles. The van der Waals surface area contributed by atoms with Gasteiger partial charge in [0.1, 0.15) is 0 Å². The molecule has 1 heterocycles. The van der Waals surface area contributed by atoms with Gasteiger partial charge in [0.15, 0.2) is 11.6 Å². The van der Waals surface area contributed by atoms with Gasteiger partial charge in [-0.25, -0.2) is 4.39 Å². The van der Waals surface area contributed by atoms with E-state index in [2.05, 4.69) is 10.2 Å². The third-order valence-electron chi connectivity index (χ3n) is 1.96. The first-order chi connectivity index (χ1) is 8.20. The van der Waals surface area contributed by atoms with Crippen molar-refractivity contribution < 1.29 is 9.13 Å². The highest BCUT2D eigenvalue weighted by atomic mass is 35.5. The molecule has 17 heavy (non-hydrogen) atoms. The smallest absolute Gasteiger partial charge is 0.239 e. The molecule has 0 atom stereocenters. The van der Waals surface area contributed by atoms with E-state index in [1.807, 2.05) is 0 Å². The van der Waals surface area contributed by atoms with Gasteiger partial charge in [0.05, 0.1) is 16.6 Å². The minimum Gasteiger partial charge on any atom is -0.434 e. The van der Waals surface area contributed by atoms with E-state index in [0.29, 0.717) is 5.69 Å². The Kier molecular flexibility index (Phi) is 3.76. The van der Waals surface area contributed by atoms with Gasteiger partial charge >= 0.3 is 0 Å². The van der Waals surface area contributed by atoms with E-state index < -0.39 is 5.82 Å². The number of alkyl halides is 1. The van der Waals surface area contributed by atoms with Crippen LogP contribution >= 0.6 is 23.2 Å². The van der Waals surface area contributed by atoms with Crippen molar-refractivity contribution in [3.63, 3.8) is 0 Å². The average Bonchev–Trinajstić information content (AvgIpc) is 2.36. The van der Waals surface area contributed by atoms with Crippen LogP contribution < -0.4 is 4.74 Å². The predicted octanol–water partition coefficient (Wildman–Crippen LogP) is 3.80. The molecule has 0 fully saturated rings. The van der Waals surface area contributed by atoms with Gasteiger partial charge in [-0.2, -0.15) is 5.10 Å². The van der Waals surface area contributed by atoms with Crippen LogP contribution in [0.1, 0.15) is 5.69 Å². The second kappa shape index (κ2) is 5.29. The molecule has 0 saturated carbocycles. The third-order valence-corrected chi connectivity index (χ3v) is 2.53. The van der Waals surface area contributed by atoms with E-state index in [1.165, 1.54) is 12.1 Å². The van der Waals surface area contributed by atoms with Crippen molar-refractivity contribution in [1.82, 2.24) is 10.2 Å². The van der Waals surface area contributed by atoms with Crippen molar-refractivity contribution in [2.75, 3.05) is 0 Å². The molecule has 0 spiro atoms. The molecule has 3 nitrogen and oxygen atoms in total. The first kappa shape index (κ1) is 12.1. The highest BCUT2D eigenvalue weighted by molar-refractivity contribution is 6.30. The van der Waals surface area contributed by atoms with Gasteiger partial charge in [0.2, 0.25) is 5.88 Å². The molecule has 0 N–H and O–H groups in total. The fourth-order valence-electron chi connectivity index (χ4n) is 1.15. The van der Waals surface area contributed by atoms with E-state index in [1.54, 1.807) is 18.2 Å². The number of hydrogen-bond acceptors (Lipinski definition) is 3. The number of rotatable bonds is 3. The summed E-state index contributed by atoms with van der Waals surface area (Å²) in [6, 6.07) is 7.69. The molecule has 0 unspecified atom stereocenters. The van der Waals surface area contributed by atoms with Crippen molar-refractivity contribution in [2.45, 2.75) is 5.88 Å². The number of aromatic nitrogens is 2. The Morgan fingerprint density at radius 3 is 2.65 bits per heavy atom. The summed E-state index contributed by atoms with van der Waals surface area (Å²) in [5.41, 5.74) is 0.616. The zero-order valence-corrected chi connectivity index (χ0v) is 10.0. The maximum atomic E-state index is 13.5. The Morgan fingerprint density at radius 2 is 2.00 bits per heavy atom. The Morgan fingerprint density at radius 1 is 1.18 bits per heavy atom. The molecule has 2 rings (SSSR count). The Balaban J connectivity index is 2.22. The lowest BCUT2D eigenvalue weighted by molar-refractivity contribution is 0.421. The zero-order chi connectivity index (χ0) is 12.3. The van der Waals surface area contributed by atoms with Crippen LogP contribution in [0.25, 0.3) is 0 Å². The van der Waals surface area contributed by atoms with Crippen LogP contribution in [-0.4, -0.2) is 10.2 Å². The van der Waals surface area contributed by atoms with E-state index >= 15 is 0 Å². The second-order valence-electron chi connectivity index (χ2n) is 3.15. The monoisotopic (exact) mass is 272 g/mol. The van der Waals surface area contributed by atoms with E-state index in [0.717, 1.165) is 0 Å². The summed E-state index contributed by atoms with van der Waals surface area (Å²) < 4.78 is 18.7. The Labute approximate surface area is 107 Å². The standard InChI is InChI=1S/C11H7Cl2FN2O/c12-6-7-4-5-10(16-15-7)17-9-3-1-2-8(13)11(9)14/h1-5H,6H2. The van der Waals surface area contributed by atoms with Crippen LogP contribution in [0.4, 0.5) is 4.39 Å². The second-order valence-corrected chi connectivity index (χ2v) is 3.83. The van der Waals surface area contributed by atoms with Crippen LogP contribution in [0.2, 0.25) is 5.02 Å². The average molecular weight is 273 g/mol. The van der Waals surface area contributed by atoms with Gasteiger partial charge in [-0.3, -0.25) is 0 Å². The van der Waals surface area contributed by atoms with Gasteiger partial charge in [0.25, 0.3) is 0 Å². The quantitative estimate of drug-likeness (QED) is 0.798. The summed E-state index contributed by atoms with van der Waals surface area (Å²) in [5, 5.41) is 7.53. The summed E-state index contributed by atoms with van der Waals surface area (Å²) in [4.78, 5) is 0. The summed E-state index contributed by atoms with van der Waals surface area (Å²) in [5.74, 6) is -0.179. The van der Waals surface area contributed by atoms with E-state index in [-0.39, 0.29) is 22.5 Å². The molecule has 2 aromatic rings. The highest BCUT2D eigenvalue weighted by Crippen LogP contribution is 2.27. The first-order valence-electron chi connectivity index (χ1n) is 4.71. The lowest BCUT2D eigenvalue weighted by Gasteiger charge is -2.05. The number of ether oxygens (including phenoxy) is 1. The van der Waals surface area contributed by atoms with Gasteiger partial charge in [-0.15, -0.1) is 16.7 Å². The zero-order valence-electron chi connectivity index (χ0n) is 8.53. The summed E-state index contributed by atoms with van der Waals surface area (Å²) in [6.07, 6.45) is 0. The fraction of sp³-hybridized carbons (Fsp3) is 0.0909. The van der Waals surface area contributed by atoms with Crippen LogP contribution in [-0.2, 0) is 5.88 Å². The van der Waals surface area contributed by atoms with Gasteiger partial charge in [0, 0.05) is 6.07 Å². The van der Waals surface area contributed by atoms with Gasteiger partial charge in [-0.1, -0.05) is 17.7 Å². The largest absolute Gasteiger partial charge is 0.434 e. The molecule has 0 radical (unpaired) electrons. The van der Waals surface area contributed by atoms with Crippen LogP contribution in [0.3, 0.4) is 0 Å². The minimum absolute atomic E-state index is 0.00502. The third kappa shape index (κ3) is 2.84. The molecular weight excluding hydrogens is 266 g/mol. The Hall–Kier alpha value is -1.39. The molecule has 6 heteroatoms. The summed E-state index contributed by atoms with van der Waals surface area (Å²) in [6.45, 7) is 0. The number of benzene rings is 1. The van der Waals surface area contributed by atoms with E-state index in [4.69, 9.17) is 27.9 Å².